The predicted molar refractivity (Wildman–Crippen MR) is 109 cm³/mol. The van der Waals surface area contributed by atoms with Crippen LogP contribution in [0.2, 0.25) is 0 Å². The molecule has 7 heteroatoms. The molecular formula is C22H23N5O2. The average molecular weight is 389 g/mol. The first-order valence-electron chi connectivity index (χ1n) is 9.68. The number of benzene rings is 2. The molecule has 1 aliphatic carbocycles. The molecule has 29 heavy (non-hydrogen) atoms. The number of amides is 2. The number of hydrogen-bond acceptors (Lipinski definition) is 4. The summed E-state index contributed by atoms with van der Waals surface area (Å²) < 4.78 is 1.42. The Morgan fingerprint density at radius 3 is 2.28 bits per heavy atom. The highest BCUT2D eigenvalue weighted by atomic mass is 16.2. The zero-order chi connectivity index (χ0) is 20.1. The summed E-state index contributed by atoms with van der Waals surface area (Å²) in [5.41, 5.74) is 1.80. The summed E-state index contributed by atoms with van der Waals surface area (Å²) in [5.74, 6) is -0.00259. The van der Waals surface area contributed by atoms with Crippen molar-refractivity contribution in [3.8, 4) is 0 Å². The molecule has 2 aromatic carbocycles. The summed E-state index contributed by atoms with van der Waals surface area (Å²) in [7, 11) is 0. The number of carbonyl (C=O) groups is 2. The number of nitrogens with zero attached hydrogens (tertiary/aromatic N) is 3. The molecular weight excluding hydrogens is 366 g/mol. The second-order valence-electron chi connectivity index (χ2n) is 7.42. The Kier molecular flexibility index (Phi) is 5.37. The minimum Gasteiger partial charge on any atom is -0.350 e. The van der Waals surface area contributed by atoms with Gasteiger partial charge in [0.05, 0.1) is 5.41 Å². The van der Waals surface area contributed by atoms with Gasteiger partial charge in [0.25, 0.3) is 0 Å². The molecule has 2 amide bonds. The second-order valence-corrected chi connectivity index (χ2v) is 7.42. The fraction of sp³-hybridized carbons (Fsp3) is 0.273. The van der Waals surface area contributed by atoms with Gasteiger partial charge in [-0.15, -0.1) is 5.10 Å². The van der Waals surface area contributed by atoms with Gasteiger partial charge in [-0.05, 0) is 30.4 Å². The topological polar surface area (TPSA) is 88.9 Å². The Morgan fingerprint density at radius 1 is 0.966 bits per heavy atom. The number of aromatic nitrogens is 3. The molecule has 0 radical (unpaired) electrons. The first-order chi connectivity index (χ1) is 14.1. The second kappa shape index (κ2) is 8.26. The lowest BCUT2D eigenvalue weighted by atomic mass is 9.96. The van der Waals surface area contributed by atoms with Crippen LogP contribution in [0.3, 0.4) is 0 Å². The van der Waals surface area contributed by atoms with Crippen molar-refractivity contribution in [2.45, 2.75) is 32.4 Å². The Labute approximate surface area is 169 Å². The Hall–Kier alpha value is -3.48. The van der Waals surface area contributed by atoms with Gasteiger partial charge in [0.15, 0.2) is 0 Å². The van der Waals surface area contributed by atoms with Crippen molar-refractivity contribution in [3.05, 3.63) is 78.1 Å². The van der Waals surface area contributed by atoms with Gasteiger partial charge in [-0.3, -0.25) is 14.9 Å². The molecule has 1 aromatic heterocycles. The molecule has 4 rings (SSSR count). The summed E-state index contributed by atoms with van der Waals surface area (Å²) in [4.78, 5) is 28.9. The van der Waals surface area contributed by atoms with Crippen LogP contribution in [0, 0.1) is 5.41 Å². The average Bonchev–Trinajstić information content (AvgIpc) is 3.40. The largest absolute Gasteiger partial charge is 0.350 e. The summed E-state index contributed by atoms with van der Waals surface area (Å²) in [6, 6.07) is 19.7. The van der Waals surface area contributed by atoms with E-state index < -0.39 is 0 Å². The van der Waals surface area contributed by atoms with E-state index in [0.29, 0.717) is 13.0 Å². The molecule has 0 aliphatic heterocycles. The smallest absolute Gasteiger partial charge is 0.248 e. The van der Waals surface area contributed by atoms with E-state index in [0.717, 1.165) is 24.0 Å². The van der Waals surface area contributed by atoms with E-state index in [1.54, 1.807) is 0 Å². The first-order valence-corrected chi connectivity index (χ1v) is 9.68. The molecule has 0 spiro atoms. The van der Waals surface area contributed by atoms with E-state index in [4.69, 9.17) is 0 Å². The summed E-state index contributed by atoms with van der Waals surface area (Å²) in [6.45, 7) is 0.505. The van der Waals surface area contributed by atoms with Crippen LogP contribution in [0.5, 0.6) is 0 Å². The van der Waals surface area contributed by atoms with Gasteiger partial charge in [0, 0.05) is 6.54 Å². The van der Waals surface area contributed by atoms with Crippen molar-refractivity contribution < 1.29 is 9.59 Å². The van der Waals surface area contributed by atoms with Gasteiger partial charge < -0.3 is 5.32 Å². The SMILES string of the molecule is O=C(Cn1cnc(NC(=O)C2(Cc3ccccc3)CC2)n1)NCc1ccccc1. The van der Waals surface area contributed by atoms with Gasteiger partial charge in [0.1, 0.15) is 12.9 Å². The van der Waals surface area contributed by atoms with E-state index in [-0.39, 0.29) is 29.7 Å². The molecule has 7 nitrogen and oxygen atoms in total. The minimum absolute atomic E-state index is 0.0465. The van der Waals surface area contributed by atoms with Gasteiger partial charge >= 0.3 is 0 Å². The van der Waals surface area contributed by atoms with Gasteiger partial charge in [-0.2, -0.15) is 0 Å². The fourth-order valence-electron chi connectivity index (χ4n) is 3.28. The van der Waals surface area contributed by atoms with Crippen LogP contribution in [-0.2, 0) is 29.1 Å². The Bertz CT molecular complexity index is 981. The summed E-state index contributed by atoms with van der Waals surface area (Å²) in [6.07, 6.45) is 3.88. The van der Waals surface area contributed by atoms with Crippen LogP contribution in [0.15, 0.2) is 67.0 Å². The molecule has 1 saturated carbocycles. The lowest BCUT2D eigenvalue weighted by Gasteiger charge is -2.13. The zero-order valence-electron chi connectivity index (χ0n) is 16.0. The molecule has 0 atom stereocenters. The van der Waals surface area contributed by atoms with E-state index in [2.05, 4.69) is 20.7 Å². The molecule has 1 heterocycles. The third-order valence-electron chi connectivity index (χ3n) is 5.12. The number of rotatable bonds is 8. The molecule has 1 aliphatic rings. The molecule has 148 valence electrons. The molecule has 3 aromatic rings. The quantitative estimate of drug-likeness (QED) is 0.620. The third kappa shape index (κ3) is 4.87. The van der Waals surface area contributed by atoms with E-state index >= 15 is 0 Å². The van der Waals surface area contributed by atoms with Crippen LogP contribution in [0.25, 0.3) is 0 Å². The van der Waals surface area contributed by atoms with Crippen molar-refractivity contribution in [2.24, 2.45) is 5.41 Å². The lowest BCUT2D eigenvalue weighted by molar-refractivity contribution is -0.122. The fourth-order valence-corrected chi connectivity index (χ4v) is 3.28. The van der Waals surface area contributed by atoms with Gasteiger partial charge in [0.2, 0.25) is 17.8 Å². The standard InChI is InChI=1S/C22H23N5O2/c28-19(23-14-18-9-5-2-6-10-18)15-27-16-24-21(26-27)25-20(29)22(11-12-22)13-17-7-3-1-4-8-17/h1-10,16H,11-15H2,(H,23,28)(H,25,26,29). The molecule has 0 saturated heterocycles. The molecule has 0 bridgehead atoms. The summed E-state index contributed by atoms with van der Waals surface area (Å²) in [5, 5.41) is 9.85. The maximum atomic E-state index is 12.7. The molecule has 0 unspecified atom stereocenters. The number of anilines is 1. The van der Waals surface area contributed by atoms with Crippen LogP contribution in [0.1, 0.15) is 24.0 Å². The highest BCUT2D eigenvalue weighted by Crippen LogP contribution is 2.49. The number of carbonyl (C=O) groups excluding carboxylic acids is 2. The zero-order valence-corrected chi connectivity index (χ0v) is 16.0. The third-order valence-corrected chi connectivity index (χ3v) is 5.12. The monoisotopic (exact) mass is 389 g/mol. The van der Waals surface area contributed by atoms with E-state index in [9.17, 15) is 9.59 Å². The summed E-state index contributed by atoms with van der Waals surface area (Å²) >= 11 is 0. The number of nitrogens with one attached hydrogen (secondary N) is 2. The van der Waals surface area contributed by atoms with Gasteiger partial charge in [-0.1, -0.05) is 60.7 Å². The maximum absolute atomic E-state index is 12.7. The van der Waals surface area contributed by atoms with Crippen molar-refractivity contribution in [2.75, 3.05) is 5.32 Å². The molecule has 1 fully saturated rings. The van der Waals surface area contributed by atoms with E-state index in [1.165, 1.54) is 11.0 Å². The maximum Gasteiger partial charge on any atom is 0.248 e. The predicted octanol–water partition coefficient (Wildman–Crippen LogP) is 2.56. The van der Waals surface area contributed by atoms with Crippen LogP contribution in [-0.4, -0.2) is 26.6 Å². The first kappa shape index (κ1) is 18.9. The molecule has 2 N–H and O–H groups in total. The normalized spacial score (nSPS) is 14.2. The highest BCUT2D eigenvalue weighted by molar-refractivity contribution is 5.96. The minimum atomic E-state index is -0.375. The van der Waals surface area contributed by atoms with Crippen LogP contribution in [0.4, 0.5) is 5.95 Å². The highest BCUT2D eigenvalue weighted by Gasteiger charge is 2.49. The van der Waals surface area contributed by atoms with Crippen molar-refractivity contribution >= 4 is 17.8 Å². The van der Waals surface area contributed by atoms with Gasteiger partial charge in [-0.25, -0.2) is 9.67 Å². The van der Waals surface area contributed by atoms with Crippen molar-refractivity contribution in [1.82, 2.24) is 20.1 Å². The van der Waals surface area contributed by atoms with Crippen LogP contribution >= 0.6 is 0 Å². The van der Waals surface area contributed by atoms with Crippen LogP contribution < -0.4 is 10.6 Å². The Balaban J connectivity index is 1.29. The Morgan fingerprint density at radius 2 is 1.62 bits per heavy atom. The van der Waals surface area contributed by atoms with Crippen molar-refractivity contribution in [3.63, 3.8) is 0 Å². The lowest BCUT2D eigenvalue weighted by Crippen LogP contribution is -2.28. The van der Waals surface area contributed by atoms with Crippen molar-refractivity contribution in [1.29, 1.82) is 0 Å². The van der Waals surface area contributed by atoms with E-state index in [1.807, 2.05) is 60.7 Å². The number of hydrogen-bond donors (Lipinski definition) is 2.